The van der Waals surface area contributed by atoms with E-state index in [0.717, 1.165) is 49.9 Å². The van der Waals surface area contributed by atoms with Crippen molar-refractivity contribution < 1.29 is 23.1 Å². The molecule has 44 heavy (non-hydrogen) atoms. The molecular weight excluding hydrogens is 576 g/mol. The molecular formula is C34H38N4O5S. The summed E-state index contributed by atoms with van der Waals surface area (Å²) in [6, 6.07) is 22.3. The van der Waals surface area contributed by atoms with Crippen molar-refractivity contribution in [1.82, 2.24) is 14.6 Å². The zero-order valence-corrected chi connectivity index (χ0v) is 25.6. The largest absolute Gasteiger partial charge is 0.494 e. The van der Waals surface area contributed by atoms with Gasteiger partial charge in [-0.2, -0.15) is 0 Å². The highest BCUT2D eigenvalue weighted by Gasteiger charge is 2.27. The SMILES string of the molecule is CCOC(=O)C1CCCN(Cc2ccc(N=C(c3ccccc3)c3c(O)[nH]c4ccc(S(=O)(=O)NCC5CC5)cc34)cc2)C1. The van der Waals surface area contributed by atoms with Crippen LogP contribution in [0.4, 0.5) is 5.69 Å². The molecule has 1 unspecified atom stereocenters. The van der Waals surface area contributed by atoms with Crippen molar-refractivity contribution >= 4 is 38.3 Å². The number of likely N-dealkylation sites (tertiary alicyclic amines) is 1. The van der Waals surface area contributed by atoms with Crippen LogP contribution in [0, 0.1) is 11.8 Å². The summed E-state index contributed by atoms with van der Waals surface area (Å²) in [5, 5.41) is 11.7. The van der Waals surface area contributed by atoms with Crippen LogP contribution in [0.15, 0.2) is 82.7 Å². The highest BCUT2D eigenvalue weighted by atomic mass is 32.2. The summed E-state index contributed by atoms with van der Waals surface area (Å²) in [6.45, 7) is 5.01. The minimum absolute atomic E-state index is 0.0824. The highest BCUT2D eigenvalue weighted by Crippen LogP contribution is 2.34. The van der Waals surface area contributed by atoms with E-state index in [2.05, 4.69) is 14.6 Å². The van der Waals surface area contributed by atoms with E-state index in [4.69, 9.17) is 9.73 Å². The number of fused-ring (bicyclic) bond motifs is 1. The van der Waals surface area contributed by atoms with Gasteiger partial charge in [0, 0.05) is 36.1 Å². The summed E-state index contributed by atoms with van der Waals surface area (Å²) < 4.78 is 34.1. The van der Waals surface area contributed by atoms with Gasteiger partial charge in [0.05, 0.1) is 34.4 Å². The van der Waals surface area contributed by atoms with Crippen molar-refractivity contribution in [2.45, 2.75) is 44.0 Å². The summed E-state index contributed by atoms with van der Waals surface area (Å²) in [5.74, 6) is 0.121. The van der Waals surface area contributed by atoms with E-state index in [1.807, 2.05) is 61.5 Å². The lowest BCUT2D eigenvalue weighted by molar-refractivity contribution is -0.150. The molecule has 0 radical (unpaired) electrons. The standard InChI is InChI=1S/C34H38N4O5S/c1-2-43-34(40)26-9-6-18-38(22-26)21-24-12-14-27(15-13-24)36-32(25-7-4-3-5-8-25)31-29-19-28(16-17-30(29)37-33(31)39)44(41,42)35-20-23-10-11-23/h3-5,7-8,12-17,19,23,26,35,37,39H,2,6,9-11,18,20-22H2,1H3. The maximum atomic E-state index is 13.1. The molecule has 0 spiro atoms. The molecule has 1 aliphatic heterocycles. The van der Waals surface area contributed by atoms with Gasteiger partial charge in [-0.25, -0.2) is 18.1 Å². The number of carbonyl (C=O) groups excluding carboxylic acids is 1. The smallest absolute Gasteiger partial charge is 0.310 e. The molecule has 1 saturated heterocycles. The number of hydrogen-bond donors (Lipinski definition) is 3. The third-order valence-corrected chi connectivity index (χ3v) is 9.73. The van der Waals surface area contributed by atoms with Crippen LogP contribution in [0.3, 0.4) is 0 Å². The first kappa shape index (κ1) is 30.1. The number of ether oxygens (including phenoxy) is 1. The average molecular weight is 615 g/mol. The number of sulfonamides is 1. The van der Waals surface area contributed by atoms with Crippen LogP contribution in [0.25, 0.3) is 10.9 Å². The van der Waals surface area contributed by atoms with Gasteiger partial charge in [0.2, 0.25) is 10.0 Å². The molecule has 1 atom stereocenters. The summed E-state index contributed by atoms with van der Waals surface area (Å²) in [5.41, 5.74) is 4.16. The quantitative estimate of drug-likeness (QED) is 0.151. The second-order valence-corrected chi connectivity index (χ2v) is 13.4. The van der Waals surface area contributed by atoms with Crippen molar-refractivity contribution in [2.75, 3.05) is 26.2 Å². The Labute approximate surface area is 258 Å². The Hall–Kier alpha value is -3.99. The van der Waals surface area contributed by atoms with Gasteiger partial charge in [-0.1, -0.05) is 42.5 Å². The van der Waals surface area contributed by atoms with Crippen LogP contribution in [-0.2, 0) is 26.1 Å². The molecule has 3 aromatic carbocycles. The van der Waals surface area contributed by atoms with Crippen LogP contribution >= 0.6 is 0 Å². The van der Waals surface area contributed by atoms with Crippen LogP contribution in [0.2, 0.25) is 0 Å². The van der Waals surface area contributed by atoms with Crippen molar-refractivity contribution in [1.29, 1.82) is 0 Å². The number of aromatic amines is 1. The Morgan fingerprint density at radius 3 is 2.57 bits per heavy atom. The summed E-state index contributed by atoms with van der Waals surface area (Å²) in [7, 11) is -3.71. The number of piperidine rings is 1. The molecule has 1 aromatic heterocycles. The Kier molecular flexibility index (Phi) is 8.83. The minimum Gasteiger partial charge on any atom is -0.494 e. The first-order valence-electron chi connectivity index (χ1n) is 15.3. The number of nitrogens with one attached hydrogen (secondary N) is 2. The monoisotopic (exact) mass is 614 g/mol. The van der Waals surface area contributed by atoms with Crippen molar-refractivity contribution in [2.24, 2.45) is 16.8 Å². The highest BCUT2D eigenvalue weighted by molar-refractivity contribution is 7.89. The molecule has 6 rings (SSSR count). The number of esters is 1. The fourth-order valence-corrected chi connectivity index (χ4v) is 6.91. The average Bonchev–Trinajstić information content (AvgIpc) is 3.81. The molecule has 2 fully saturated rings. The fourth-order valence-electron chi connectivity index (χ4n) is 5.77. The van der Waals surface area contributed by atoms with E-state index < -0.39 is 10.0 Å². The normalized spacial score (nSPS) is 18.0. The van der Waals surface area contributed by atoms with E-state index >= 15 is 0 Å². The summed E-state index contributed by atoms with van der Waals surface area (Å²) in [6.07, 6.45) is 3.91. The van der Waals surface area contributed by atoms with Crippen molar-refractivity contribution in [3.63, 3.8) is 0 Å². The minimum atomic E-state index is -3.71. The maximum Gasteiger partial charge on any atom is 0.310 e. The summed E-state index contributed by atoms with van der Waals surface area (Å²) in [4.78, 5) is 22.7. The number of carbonyl (C=O) groups is 1. The van der Waals surface area contributed by atoms with Gasteiger partial charge < -0.3 is 14.8 Å². The van der Waals surface area contributed by atoms with Crippen LogP contribution in [0.1, 0.15) is 49.3 Å². The lowest BCUT2D eigenvalue weighted by Crippen LogP contribution is -2.38. The first-order chi connectivity index (χ1) is 21.3. The Morgan fingerprint density at radius 1 is 1.07 bits per heavy atom. The molecule has 2 heterocycles. The number of aromatic nitrogens is 1. The number of aliphatic imine (C=N–C) groups is 1. The molecule has 0 amide bonds. The van der Waals surface area contributed by atoms with Crippen LogP contribution in [0.5, 0.6) is 5.88 Å². The molecule has 4 aromatic rings. The topological polar surface area (TPSA) is 124 Å². The Balaban J connectivity index is 1.30. The van der Waals surface area contributed by atoms with E-state index in [9.17, 15) is 18.3 Å². The van der Waals surface area contributed by atoms with Gasteiger partial charge in [-0.15, -0.1) is 0 Å². The molecule has 2 aliphatic rings. The van der Waals surface area contributed by atoms with Gasteiger partial charge in [0.25, 0.3) is 0 Å². The fraction of sp³-hybridized carbons (Fsp3) is 0.353. The molecule has 1 aliphatic carbocycles. The molecule has 230 valence electrons. The number of benzene rings is 3. The van der Waals surface area contributed by atoms with Crippen LogP contribution < -0.4 is 4.72 Å². The number of aromatic hydroxyl groups is 1. The van der Waals surface area contributed by atoms with Gasteiger partial charge in [0.15, 0.2) is 5.88 Å². The molecule has 3 N–H and O–H groups in total. The lowest BCUT2D eigenvalue weighted by atomic mass is 9.97. The molecule has 10 heteroatoms. The Morgan fingerprint density at radius 2 is 1.84 bits per heavy atom. The van der Waals surface area contributed by atoms with E-state index in [0.29, 0.717) is 53.5 Å². The first-order valence-corrected chi connectivity index (χ1v) is 16.8. The second kappa shape index (κ2) is 12.9. The van der Waals surface area contributed by atoms with Gasteiger partial charge in [0.1, 0.15) is 0 Å². The van der Waals surface area contributed by atoms with E-state index in [1.54, 1.807) is 18.2 Å². The number of hydrogen-bond acceptors (Lipinski definition) is 7. The summed E-state index contributed by atoms with van der Waals surface area (Å²) >= 11 is 0. The molecule has 0 bridgehead atoms. The zero-order chi connectivity index (χ0) is 30.7. The maximum absolute atomic E-state index is 13.1. The predicted molar refractivity (Wildman–Crippen MR) is 171 cm³/mol. The second-order valence-electron chi connectivity index (χ2n) is 11.7. The zero-order valence-electron chi connectivity index (χ0n) is 24.8. The van der Waals surface area contributed by atoms with E-state index in [1.165, 1.54) is 0 Å². The van der Waals surface area contributed by atoms with Crippen molar-refractivity contribution in [3.8, 4) is 5.88 Å². The third kappa shape index (κ3) is 6.88. The van der Waals surface area contributed by atoms with Crippen molar-refractivity contribution in [3.05, 3.63) is 89.5 Å². The Bertz CT molecular complexity index is 1760. The number of H-pyrrole nitrogens is 1. The van der Waals surface area contributed by atoms with Gasteiger partial charge >= 0.3 is 5.97 Å². The molecule has 9 nitrogen and oxygen atoms in total. The van der Waals surface area contributed by atoms with Crippen LogP contribution in [-0.4, -0.2) is 61.3 Å². The third-order valence-electron chi connectivity index (χ3n) is 8.31. The van der Waals surface area contributed by atoms with Gasteiger partial charge in [-0.3, -0.25) is 9.69 Å². The number of nitrogens with zero attached hydrogens (tertiary/aromatic N) is 2. The van der Waals surface area contributed by atoms with Gasteiger partial charge in [-0.05, 0) is 81.0 Å². The molecule has 1 saturated carbocycles. The lowest BCUT2D eigenvalue weighted by Gasteiger charge is -2.31. The predicted octanol–water partition coefficient (Wildman–Crippen LogP) is 5.51. The number of rotatable bonds is 11. The van der Waals surface area contributed by atoms with E-state index in [-0.39, 0.29) is 22.7 Å².